The van der Waals surface area contributed by atoms with E-state index in [4.69, 9.17) is 4.42 Å². The third kappa shape index (κ3) is 2.63. The molecule has 0 spiro atoms. The number of carbonyl (C=O) groups excluding carboxylic acids is 1. The third-order valence-corrected chi connectivity index (χ3v) is 5.30. The molecule has 5 heteroatoms. The lowest BCUT2D eigenvalue weighted by Gasteiger charge is -2.25. The summed E-state index contributed by atoms with van der Waals surface area (Å²) in [5.74, 6) is -0.178. The molecular weight excluding hydrogens is 366 g/mol. The van der Waals surface area contributed by atoms with Crippen LogP contribution < -0.4 is 10.3 Å². The highest BCUT2D eigenvalue weighted by Crippen LogP contribution is 2.41. The van der Waals surface area contributed by atoms with E-state index in [1.54, 1.807) is 53.4 Å². The van der Waals surface area contributed by atoms with Gasteiger partial charge in [0.1, 0.15) is 11.3 Å². The molecular formula is C24H17NO4. The van der Waals surface area contributed by atoms with Gasteiger partial charge in [-0.3, -0.25) is 14.5 Å². The van der Waals surface area contributed by atoms with Gasteiger partial charge >= 0.3 is 0 Å². The van der Waals surface area contributed by atoms with E-state index < -0.39 is 6.04 Å². The van der Waals surface area contributed by atoms with Crippen LogP contribution in [0.3, 0.4) is 0 Å². The number of rotatable bonds is 2. The lowest BCUT2D eigenvalue weighted by atomic mass is 9.98. The zero-order valence-electron chi connectivity index (χ0n) is 15.6. The molecule has 0 saturated heterocycles. The maximum absolute atomic E-state index is 13.4. The molecule has 1 N–H and O–H groups in total. The zero-order valence-corrected chi connectivity index (χ0v) is 15.6. The second kappa shape index (κ2) is 6.34. The van der Waals surface area contributed by atoms with E-state index in [2.05, 4.69) is 0 Å². The van der Waals surface area contributed by atoms with Crippen molar-refractivity contribution < 1.29 is 14.3 Å². The number of fused-ring (bicyclic) bond motifs is 2. The first-order valence-electron chi connectivity index (χ1n) is 9.29. The van der Waals surface area contributed by atoms with Crippen molar-refractivity contribution in [3.63, 3.8) is 0 Å². The van der Waals surface area contributed by atoms with Gasteiger partial charge < -0.3 is 9.52 Å². The highest BCUT2D eigenvalue weighted by Gasteiger charge is 2.43. The number of hydrogen-bond acceptors (Lipinski definition) is 4. The Bertz CT molecular complexity index is 1300. The molecule has 1 amide bonds. The van der Waals surface area contributed by atoms with Crippen LogP contribution in [0.2, 0.25) is 0 Å². The van der Waals surface area contributed by atoms with Gasteiger partial charge in [0.05, 0.1) is 17.0 Å². The Morgan fingerprint density at radius 3 is 2.31 bits per heavy atom. The number of carbonyl (C=O) groups is 1. The number of hydrogen-bond donors (Lipinski definition) is 1. The summed E-state index contributed by atoms with van der Waals surface area (Å²) in [7, 11) is 0. The first-order valence-corrected chi connectivity index (χ1v) is 9.29. The molecule has 1 aliphatic heterocycles. The fourth-order valence-corrected chi connectivity index (χ4v) is 3.86. The predicted octanol–water partition coefficient (Wildman–Crippen LogP) is 4.56. The number of nitrogens with zero attached hydrogens (tertiary/aromatic N) is 1. The summed E-state index contributed by atoms with van der Waals surface area (Å²) in [4.78, 5) is 28.3. The van der Waals surface area contributed by atoms with E-state index in [0.717, 1.165) is 11.1 Å². The molecule has 4 aromatic rings. The zero-order chi connectivity index (χ0) is 20.1. The number of aryl methyl sites for hydroxylation is 1. The summed E-state index contributed by atoms with van der Waals surface area (Å²) < 4.78 is 5.91. The van der Waals surface area contributed by atoms with E-state index in [9.17, 15) is 14.7 Å². The van der Waals surface area contributed by atoms with Crippen molar-refractivity contribution in [2.75, 3.05) is 4.90 Å². The molecule has 1 aromatic heterocycles. The van der Waals surface area contributed by atoms with Gasteiger partial charge in [-0.2, -0.15) is 0 Å². The quantitative estimate of drug-likeness (QED) is 0.551. The summed E-state index contributed by atoms with van der Waals surface area (Å²) in [5.41, 5.74) is 2.95. The average Bonchev–Trinajstić information content (AvgIpc) is 3.02. The van der Waals surface area contributed by atoms with Gasteiger partial charge in [-0.25, -0.2) is 0 Å². The molecule has 5 rings (SSSR count). The topological polar surface area (TPSA) is 70.8 Å². The van der Waals surface area contributed by atoms with Crippen molar-refractivity contribution in [1.29, 1.82) is 0 Å². The minimum absolute atomic E-state index is 0.0624. The van der Waals surface area contributed by atoms with E-state index in [1.807, 2.05) is 31.2 Å². The Labute approximate surface area is 166 Å². The van der Waals surface area contributed by atoms with Crippen LogP contribution in [0, 0.1) is 6.92 Å². The number of benzene rings is 3. The maximum atomic E-state index is 13.4. The maximum Gasteiger partial charge on any atom is 0.295 e. The molecule has 1 aliphatic rings. The summed E-state index contributed by atoms with van der Waals surface area (Å²) in [6.07, 6.45) is 0. The molecule has 0 fully saturated rings. The highest BCUT2D eigenvalue weighted by atomic mass is 16.3. The van der Waals surface area contributed by atoms with Crippen LogP contribution in [0.4, 0.5) is 5.69 Å². The minimum Gasteiger partial charge on any atom is -0.508 e. The Morgan fingerprint density at radius 1 is 0.897 bits per heavy atom. The molecule has 0 aliphatic carbocycles. The number of amides is 1. The van der Waals surface area contributed by atoms with Crippen LogP contribution in [0.25, 0.3) is 11.0 Å². The molecule has 3 aromatic carbocycles. The van der Waals surface area contributed by atoms with Crippen molar-refractivity contribution >= 4 is 22.6 Å². The lowest BCUT2D eigenvalue weighted by molar-refractivity contribution is 0.0971. The van der Waals surface area contributed by atoms with Crippen LogP contribution in [0.5, 0.6) is 5.75 Å². The monoisotopic (exact) mass is 383 g/mol. The molecule has 1 atom stereocenters. The van der Waals surface area contributed by atoms with Crippen LogP contribution in [-0.4, -0.2) is 11.0 Å². The minimum atomic E-state index is -0.637. The second-order valence-electron chi connectivity index (χ2n) is 7.17. The Kier molecular flexibility index (Phi) is 3.77. The third-order valence-electron chi connectivity index (χ3n) is 5.30. The normalized spacial score (nSPS) is 15.7. The molecule has 29 heavy (non-hydrogen) atoms. The summed E-state index contributed by atoms with van der Waals surface area (Å²) in [6.45, 7) is 1.97. The number of aromatic hydroxyl groups is 1. The van der Waals surface area contributed by atoms with E-state index in [1.165, 1.54) is 0 Å². The van der Waals surface area contributed by atoms with Crippen molar-refractivity contribution in [2.45, 2.75) is 13.0 Å². The Morgan fingerprint density at radius 2 is 1.59 bits per heavy atom. The number of phenols is 1. The Balaban J connectivity index is 1.81. The average molecular weight is 383 g/mol. The molecule has 142 valence electrons. The van der Waals surface area contributed by atoms with Crippen LogP contribution in [-0.2, 0) is 0 Å². The van der Waals surface area contributed by atoms with Gasteiger partial charge in [0.2, 0.25) is 5.76 Å². The van der Waals surface area contributed by atoms with E-state index in [0.29, 0.717) is 22.2 Å². The van der Waals surface area contributed by atoms with Gasteiger partial charge in [0, 0.05) is 5.69 Å². The van der Waals surface area contributed by atoms with Crippen molar-refractivity contribution in [3.8, 4) is 5.75 Å². The largest absolute Gasteiger partial charge is 0.508 e. The molecule has 2 heterocycles. The smallest absolute Gasteiger partial charge is 0.295 e. The molecule has 0 radical (unpaired) electrons. The second-order valence-corrected chi connectivity index (χ2v) is 7.17. The van der Waals surface area contributed by atoms with Gasteiger partial charge in [-0.05, 0) is 48.9 Å². The number of phenolic OH excluding ortho intramolecular Hbond substituents is 1. The summed E-state index contributed by atoms with van der Waals surface area (Å²) >= 11 is 0. The van der Waals surface area contributed by atoms with Crippen molar-refractivity contribution in [3.05, 3.63) is 105 Å². The van der Waals surface area contributed by atoms with Crippen molar-refractivity contribution in [2.24, 2.45) is 0 Å². The SMILES string of the molecule is Cc1ccc(N2C(=O)c3oc4ccccc4c(=O)c3C2c2ccc(O)cc2)cc1. The van der Waals surface area contributed by atoms with Gasteiger partial charge in [0.15, 0.2) is 5.43 Å². The van der Waals surface area contributed by atoms with Gasteiger partial charge in [-0.15, -0.1) is 0 Å². The fraction of sp³-hybridized carbons (Fsp3) is 0.0833. The lowest BCUT2D eigenvalue weighted by Crippen LogP contribution is -2.29. The first kappa shape index (κ1) is 17.3. The van der Waals surface area contributed by atoms with E-state index >= 15 is 0 Å². The standard InChI is InChI=1S/C24H17NO4/c1-14-6-10-16(11-7-14)25-21(15-8-12-17(26)13-9-15)20-22(27)18-4-2-3-5-19(18)29-23(20)24(25)28/h2-13,21,26H,1H3. The molecule has 1 unspecified atom stereocenters. The van der Waals surface area contributed by atoms with E-state index in [-0.39, 0.29) is 22.8 Å². The van der Waals surface area contributed by atoms with Crippen LogP contribution in [0.1, 0.15) is 33.3 Å². The number of anilines is 1. The number of para-hydroxylation sites is 1. The van der Waals surface area contributed by atoms with Crippen LogP contribution in [0.15, 0.2) is 82.0 Å². The highest BCUT2D eigenvalue weighted by molar-refractivity contribution is 6.10. The summed E-state index contributed by atoms with van der Waals surface area (Å²) in [6, 6.07) is 20.4. The molecule has 0 saturated carbocycles. The van der Waals surface area contributed by atoms with Crippen LogP contribution >= 0.6 is 0 Å². The van der Waals surface area contributed by atoms with Gasteiger partial charge in [0.25, 0.3) is 5.91 Å². The molecule has 5 nitrogen and oxygen atoms in total. The summed E-state index contributed by atoms with van der Waals surface area (Å²) in [5, 5.41) is 10.1. The predicted molar refractivity (Wildman–Crippen MR) is 110 cm³/mol. The first-order chi connectivity index (χ1) is 14.0. The van der Waals surface area contributed by atoms with Crippen molar-refractivity contribution in [1.82, 2.24) is 0 Å². The van der Waals surface area contributed by atoms with Gasteiger partial charge in [-0.1, -0.05) is 42.0 Å². The molecule has 0 bridgehead atoms. The Hall–Kier alpha value is -3.86. The fourth-order valence-electron chi connectivity index (χ4n) is 3.86.